The highest BCUT2D eigenvalue weighted by atomic mass is 16.6. The SMILES string of the molecule is Cc1ccc(C2=NO[C@H](C(=O)N3C(=O)CC(C)(C)N3Cc3ccccc3)[C@H]2C)cc1. The molecule has 2 atom stereocenters. The third-order valence-electron chi connectivity index (χ3n) is 5.88. The Balaban J connectivity index is 1.56. The van der Waals surface area contributed by atoms with Gasteiger partial charge in [-0.05, 0) is 31.9 Å². The highest BCUT2D eigenvalue weighted by Crippen LogP contribution is 2.34. The molecule has 0 spiro atoms. The second-order valence-electron chi connectivity index (χ2n) is 8.73. The largest absolute Gasteiger partial charge is 0.381 e. The Labute approximate surface area is 177 Å². The minimum absolute atomic E-state index is 0.208. The number of benzene rings is 2. The summed E-state index contributed by atoms with van der Waals surface area (Å²) in [6, 6.07) is 17.8. The van der Waals surface area contributed by atoms with Gasteiger partial charge in [0.25, 0.3) is 5.91 Å². The molecule has 0 N–H and O–H groups in total. The van der Waals surface area contributed by atoms with E-state index in [1.54, 1.807) is 0 Å². The van der Waals surface area contributed by atoms with Gasteiger partial charge in [0.05, 0.1) is 11.6 Å². The van der Waals surface area contributed by atoms with Gasteiger partial charge in [-0.1, -0.05) is 72.2 Å². The summed E-state index contributed by atoms with van der Waals surface area (Å²) in [5.74, 6) is -0.823. The van der Waals surface area contributed by atoms with Gasteiger partial charge >= 0.3 is 0 Å². The van der Waals surface area contributed by atoms with Crippen LogP contribution in [0.1, 0.15) is 43.9 Å². The van der Waals surface area contributed by atoms with Crippen molar-refractivity contribution in [2.75, 3.05) is 0 Å². The van der Waals surface area contributed by atoms with Crippen molar-refractivity contribution in [1.29, 1.82) is 0 Å². The average molecular weight is 405 g/mol. The predicted octanol–water partition coefficient (Wildman–Crippen LogP) is 3.69. The molecule has 0 unspecified atom stereocenters. The van der Waals surface area contributed by atoms with Crippen molar-refractivity contribution in [3.63, 3.8) is 0 Å². The molecule has 2 aliphatic heterocycles. The van der Waals surface area contributed by atoms with Crippen molar-refractivity contribution in [1.82, 2.24) is 10.0 Å². The molecule has 0 saturated carbocycles. The summed E-state index contributed by atoms with van der Waals surface area (Å²) in [6.07, 6.45) is -0.546. The maximum absolute atomic E-state index is 13.5. The van der Waals surface area contributed by atoms with E-state index >= 15 is 0 Å². The monoisotopic (exact) mass is 405 g/mol. The van der Waals surface area contributed by atoms with Gasteiger partial charge in [-0.3, -0.25) is 9.59 Å². The Hall–Kier alpha value is -2.99. The molecule has 4 rings (SSSR count). The fraction of sp³-hybridized carbons (Fsp3) is 0.375. The molecule has 1 saturated heterocycles. The number of hydrogen-bond donors (Lipinski definition) is 0. The maximum atomic E-state index is 13.5. The van der Waals surface area contributed by atoms with Crippen molar-refractivity contribution >= 4 is 17.5 Å². The number of carbonyl (C=O) groups excluding carboxylic acids is 2. The molecule has 2 aromatic carbocycles. The minimum atomic E-state index is -0.822. The van der Waals surface area contributed by atoms with Gasteiger partial charge in [-0.15, -0.1) is 0 Å². The van der Waals surface area contributed by atoms with E-state index in [0.717, 1.165) is 22.4 Å². The van der Waals surface area contributed by atoms with Crippen LogP contribution in [0.5, 0.6) is 0 Å². The zero-order valence-electron chi connectivity index (χ0n) is 17.8. The Morgan fingerprint density at radius 2 is 1.80 bits per heavy atom. The number of aryl methyl sites for hydroxylation is 1. The predicted molar refractivity (Wildman–Crippen MR) is 114 cm³/mol. The van der Waals surface area contributed by atoms with Crippen LogP contribution in [-0.4, -0.2) is 39.2 Å². The highest BCUT2D eigenvalue weighted by Gasteiger charge is 2.51. The molecule has 2 amide bonds. The normalized spacial score (nSPS) is 23.4. The third kappa shape index (κ3) is 3.63. The number of oxime groups is 1. The molecule has 156 valence electrons. The van der Waals surface area contributed by atoms with Crippen LogP contribution < -0.4 is 0 Å². The van der Waals surface area contributed by atoms with Gasteiger partial charge in [0.2, 0.25) is 12.0 Å². The van der Waals surface area contributed by atoms with Gasteiger partial charge in [-0.25, -0.2) is 10.0 Å². The number of imide groups is 1. The standard InChI is InChI=1S/C24H27N3O3/c1-16-10-12-19(13-11-16)21-17(2)22(30-25-21)23(29)27-20(28)14-24(3,4)26(27)15-18-8-6-5-7-9-18/h5-13,17,22H,14-15H2,1-4H3/t17-,22-/m0/s1. The first-order valence-electron chi connectivity index (χ1n) is 10.3. The van der Waals surface area contributed by atoms with E-state index in [2.05, 4.69) is 5.16 Å². The highest BCUT2D eigenvalue weighted by molar-refractivity contribution is 6.07. The summed E-state index contributed by atoms with van der Waals surface area (Å²) in [5.41, 5.74) is 3.38. The number of rotatable bonds is 4. The Kier molecular flexibility index (Phi) is 5.20. The van der Waals surface area contributed by atoms with Crippen LogP contribution >= 0.6 is 0 Å². The van der Waals surface area contributed by atoms with Crippen LogP contribution in [0.25, 0.3) is 0 Å². The van der Waals surface area contributed by atoms with Crippen molar-refractivity contribution in [2.24, 2.45) is 11.1 Å². The van der Waals surface area contributed by atoms with Crippen LogP contribution in [0.3, 0.4) is 0 Å². The lowest BCUT2D eigenvalue weighted by Crippen LogP contribution is -2.53. The number of nitrogens with zero attached hydrogens (tertiary/aromatic N) is 3. The van der Waals surface area contributed by atoms with Crippen LogP contribution in [0.15, 0.2) is 59.8 Å². The average Bonchev–Trinajstić information content (AvgIpc) is 3.19. The van der Waals surface area contributed by atoms with Gasteiger partial charge in [0.15, 0.2) is 0 Å². The quantitative estimate of drug-likeness (QED) is 0.728. The van der Waals surface area contributed by atoms with E-state index < -0.39 is 11.6 Å². The Morgan fingerprint density at radius 3 is 2.47 bits per heavy atom. The van der Waals surface area contributed by atoms with E-state index in [0.29, 0.717) is 6.54 Å². The third-order valence-corrected chi connectivity index (χ3v) is 5.88. The summed E-state index contributed by atoms with van der Waals surface area (Å²) in [4.78, 5) is 31.9. The molecule has 30 heavy (non-hydrogen) atoms. The minimum Gasteiger partial charge on any atom is -0.381 e. The lowest BCUT2D eigenvalue weighted by molar-refractivity contribution is -0.170. The second-order valence-corrected chi connectivity index (χ2v) is 8.73. The zero-order valence-corrected chi connectivity index (χ0v) is 17.8. The first-order chi connectivity index (χ1) is 14.3. The Morgan fingerprint density at radius 1 is 1.13 bits per heavy atom. The molecule has 6 heteroatoms. The summed E-state index contributed by atoms with van der Waals surface area (Å²) >= 11 is 0. The zero-order chi connectivity index (χ0) is 21.5. The first-order valence-corrected chi connectivity index (χ1v) is 10.3. The first kappa shape index (κ1) is 20.3. The summed E-state index contributed by atoms with van der Waals surface area (Å²) < 4.78 is 0. The molecule has 0 bridgehead atoms. The van der Waals surface area contributed by atoms with Gasteiger partial charge in [-0.2, -0.15) is 0 Å². The van der Waals surface area contributed by atoms with E-state index in [9.17, 15) is 9.59 Å². The van der Waals surface area contributed by atoms with E-state index in [1.165, 1.54) is 5.01 Å². The number of amides is 2. The molecule has 2 aromatic rings. The molecule has 0 aromatic heterocycles. The van der Waals surface area contributed by atoms with Crippen molar-refractivity contribution in [3.8, 4) is 0 Å². The van der Waals surface area contributed by atoms with E-state index in [4.69, 9.17) is 4.84 Å². The Bertz CT molecular complexity index is 983. The van der Waals surface area contributed by atoms with Crippen LogP contribution in [0, 0.1) is 12.8 Å². The fourth-order valence-electron chi connectivity index (χ4n) is 4.08. The van der Waals surface area contributed by atoms with Crippen LogP contribution in [0.4, 0.5) is 0 Å². The number of hydrogen-bond acceptors (Lipinski definition) is 5. The molecule has 0 radical (unpaired) electrons. The summed E-state index contributed by atoms with van der Waals surface area (Å²) in [5, 5.41) is 7.33. The topological polar surface area (TPSA) is 62.2 Å². The molecule has 2 heterocycles. The van der Waals surface area contributed by atoms with E-state index in [1.807, 2.05) is 87.3 Å². The smallest absolute Gasteiger partial charge is 0.288 e. The van der Waals surface area contributed by atoms with Crippen LogP contribution in [0.2, 0.25) is 0 Å². The van der Waals surface area contributed by atoms with Crippen molar-refractivity contribution in [3.05, 3.63) is 71.3 Å². The van der Waals surface area contributed by atoms with Crippen molar-refractivity contribution < 1.29 is 14.4 Å². The molecule has 6 nitrogen and oxygen atoms in total. The van der Waals surface area contributed by atoms with Gasteiger partial charge < -0.3 is 4.84 Å². The lowest BCUT2D eigenvalue weighted by Gasteiger charge is -2.36. The summed E-state index contributed by atoms with van der Waals surface area (Å²) in [7, 11) is 0. The lowest BCUT2D eigenvalue weighted by atomic mass is 9.93. The number of hydrazine groups is 1. The molecule has 0 aliphatic carbocycles. The molecule has 2 aliphatic rings. The molecule has 1 fully saturated rings. The number of carbonyl (C=O) groups is 2. The van der Waals surface area contributed by atoms with E-state index in [-0.39, 0.29) is 24.2 Å². The van der Waals surface area contributed by atoms with Gasteiger partial charge in [0, 0.05) is 18.5 Å². The van der Waals surface area contributed by atoms with Crippen LogP contribution in [-0.2, 0) is 21.0 Å². The summed E-state index contributed by atoms with van der Waals surface area (Å²) in [6.45, 7) is 8.37. The fourth-order valence-corrected chi connectivity index (χ4v) is 4.08. The molecular formula is C24H27N3O3. The maximum Gasteiger partial charge on any atom is 0.288 e. The van der Waals surface area contributed by atoms with Crippen molar-refractivity contribution in [2.45, 2.75) is 52.3 Å². The molecular weight excluding hydrogens is 378 g/mol. The van der Waals surface area contributed by atoms with Gasteiger partial charge in [0.1, 0.15) is 0 Å². The second kappa shape index (κ2) is 7.69.